The molecule has 0 unspecified atom stereocenters. The maximum atomic E-state index is 2.50. The summed E-state index contributed by atoms with van der Waals surface area (Å²) in [6.45, 7) is 0. The molecular weight excluding hydrogens is 691 g/mol. The fourth-order valence-electron chi connectivity index (χ4n) is 9.32. The smallest absolute Gasteiger partial charge is 0.0641 e. The highest BCUT2D eigenvalue weighted by Crippen LogP contribution is 2.43. The van der Waals surface area contributed by atoms with Crippen molar-refractivity contribution >= 4 is 65.4 Å². The van der Waals surface area contributed by atoms with Crippen LogP contribution < -0.4 is 0 Å². The lowest BCUT2D eigenvalue weighted by atomic mass is 10.1. The maximum Gasteiger partial charge on any atom is 0.0641 e. The van der Waals surface area contributed by atoms with Crippen LogP contribution in [0, 0.1) is 0 Å². The van der Waals surface area contributed by atoms with E-state index in [1.54, 1.807) is 0 Å². The van der Waals surface area contributed by atoms with Crippen molar-refractivity contribution in [1.29, 1.82) is 0 Å². The molecule has 9 aromatic carbocycles. The van der Waals surface area contributed by atoms with Gasteiger partial charge in [-0.05, 0) is 82.9 Å². The van der Waals surface area contributed by atoms with Gasteiger partial charge in [-0.3, -0.25) is 0 Å². The van der Waals surface area contributed by atoms with Gasteiger partial charge in [-0.1, -0.05) is 152 Å². The van der Waals surface area contributed by atoms with E-state index in [4.69, 9.17) is 0 Å². The first-order valence-corrected chi connectivity index (χ1v) is 19.6. The number of hydrogen-bond acceptors (Lipinski definition) is 0. The highest BCUT2D eigenvalue weighted by molar-refractivity contribution is 6.26. The summed E-state index contributed by atoms with van der Waals surface area (Å²) in [6.07, 6.45) is 0. The van der Waals surface area contributed by atoms with E-state index in [1.165, 1.54) is 87.7 Å². The number of nitrogens with zero attached hydrogens (tertiary/aromatic N) is 3. The number of fused-ring (bicyclic) bond motifs is 10. The quantitative estimate of drug-likeness (QED) is 0.168. The summed E-state index contributed by atoms with van der Waals surface area (Å²) in [5.74, 6) is 0. The van der Waals surface area contributed by atoms with Crippen molar-refractivity contribution in [2.75, 3.05) is 0 Å². The van der Waals surface area contributed by atoms with Gasteiger partial charge in [0.15, 0.2) is 0 Å². The Morgan fingerprint density at radius 1 is 0.228 bits per heavy atom. The fourth-order valence-corrected chi connectivity index (χ4v) is 9.32. The van der Waals surface area contributed by atoms with Gasteiger partial charge in [0.2, 0.25) is 0 Å². The zero-order chi connectivity index (χ0) is 37.5. The molecular formula is C54H35N3. The molecule has 3 heterocycles. The van der Waals surface area contributed by atoms with E-state index in [2.05, 4.69) is 226 Å². The average Bonchev–Trinajstić information content (AvgIpc) is 3.92. The van der Waals surface area contributed by atoms with Crippen molar-refractivity contribution in [2.45, 2.75) is 0 Å². The van der Waals surface area contributed by atoms with Crippen molar-refractivity contribution in [3.05, 3.63) is 212 Å². The molecule has 3 aromatic heterocycles. The van der Waals surface area contributed by atoms with Gasteiger partial charge in [-0.15, -0.1) is 0 Å². The SMILES string of the molecule is c1ccc(-c2ccc(-n3c4ccccc4c4ccc(-n5c6ccccc6c6ccc7c(c8ccccc8n7-c7cccc(-c8ccccc8)c7)c65)cc43)cc2)cc1. The van der Waals surface area contributed by atoms with Crippen LogP contribution in [-0.4, -0.2) is 13.7 Å². The van der Waals surface area contributed by atoms with Gasteiger partial charge in [0.25, 0.3) is 0 Å². The van der Waals surface area contributed by atoms with Crippen molar-refractivity contribution in [3.63, 3.8) is 0 Å². The normalized spacial score (nSPS) is 11.9. The zero-order valence-corrected chi connectivity index (χ0v) is 31.0. The van der Waals surface area contributed by atoms with Crippen molar-refractivity contribution < 1.29 is 0 Å². The van der Waals surface area contributed by atoms with E-state index >= 15 is 0 Å². The van der Waals surface area contributed by atoms with Crippen molar-refractivity contribution in [1.82, 2.24) is 13.7 Å². The maximum absolute atomic E-state index is 2.50. The molecule has 0 fully saturated rings. The lowest BCUT2D eigenvalue weighted by molar-refractivity contribution is 1.16. The van der Waals surface area contributed by atoms with Crippen LogP contribution in [0.1, 0.15) is 0 Å². The Morgan fingerprint density at radius 3 is 1.42 bits per heavy atom. The third-order valence-electron chi connectivity index (χ3n) is 11.8. The second-order valence-electron chi connectivity index (χ2n) is 14.9. The standard InChI is InChI=1S/C54H35N3/c1-3-14-36(15-4-1)38-26-28-40(29-27-38)55-48-23-10-7-20-43(48)45-31-30-42(35-52(45)55)57-49-24-11-8-21-44(49)46-32-33-51-53(54(46)57)47-22-9-12-25-50(47)56(51)41-19-13-18-39(34-41)37-16-5-2-6-17-37/h1-35H. The van der Waals surface area contributed by atoms with Crippen LogP contribution in [0.3, 0.4) is 0 Å². The Hall–Kier alpha value is -7.62. The van der Waals surface area contributed by atoms with E-state index in [1.807, 2.05) is 0 Å². The molecule has 0 spiro atoms. The summed E-state index contributed by atoms with van der Waals surface area (Å²) in [5, 5.41) is 7.46. The molecule has 0 amide bonds. The van der Waals surface area contributed by atoms with E-state index in [-0.39, 0.29) is 0 Å². The summed E-state index contributed by atoms with van der Waals surface area (Å²) < 4.78 is 7.38. The third kappa shape index (κ3) is 4.79. The minimum absolute atomic E-state index is 1.13. The van der Waals surface area contributed by atoms with Gasteiger partial charge in [0, 0.05) is 49.4 Å². The predicted molar refractivity (Wildman–Crippen MR) is 240 cm³/mol. The Labute approximate surface area is 329 Å². The highest BCUT2D eigenvalue weighted by atomic mass is 15.0. The average molecular weight is 726 g/mol. The first kappa shape index (κ1) is 31.7. The van der Waals surface area contributed by atoms with Crippen molar-refractivity contribution in [2.24, 2.45) is 0 Å². The number of aromatic nitrogens is 3. The lowest BCUT2D eigenvalue weighted by Gasteiger charge is -2.13. The number of para-hydroxylation sites is 3. The molecule has 12 aromatic rings. The van der Waals surface area contributed by atoms with E-state index in [0.717, 1.165) is 17.1 Å². The van der Waals surface area contributed by atoms with Crippen LogP contribution in [0.4, 0.5) is 0 Å². The largest absolute Gasteiger partial charge is 0.309 e. The second-order valence-corrected chi connectivity index (χ2v) is 14.9. The Balaban J connectivity index is 1.13. The van der Waals surface area contributed by atoms with Crippen LogP contribution in [0.25, 0.3) is 105 Å². The summed E-state index contributed by atoms with van der Waals surface area (Å²) in [7, 11) is 0. The highest BCUT2D eigenvalue weighted by Gasteiger charge is 2.22. The number of benzene rings is 9. The first-order valence-electron chi connectivity index (χ1n) is 19.6. The Bertz CT molecular complexity index is 3490. The molecule has 0 saturated carbocycles. The van der Waals surface area contributed by atoms with Crippen LogP contribution in [-0.2, 0) is 0 Å². The number of rotatable bonds is 5. The molecule has 0 aliphatic rings. The summed E-state index contributed by atoms with van der Waals surface area (Å²) in [5.41, 5.74) is 15.4. The van der Waals surface area contributed by atoms with Crippen LogP contribution in [0.5, 0.6) is 0 Å². The summed E-state index contributed by atoms with van der Waals surface area (Å²) in [6, 6.07) is 77.4. The Kier molecular flexibility index (Phi) is 6.93. The van der Waals surface area contributed by atoms with E-state index in [9.17, 15) is 0 Å². The van der Waals surface area contributed by atoms with Gasteiger partial charge in [-0.25, -0.2) is 0 Å². The third-order valence-corrected chi connectivity index (χ3v) is 11.8. The van der Waals surface area contributed by atoms with Crippen LogP contribution in [0.15, 0.2) is 212 Å². The minimum Gasteiger partial charge on any atom is -0.309 e. The number of hydrogen-bond donors (Lipinski definition) is 0. The van der Waals surface area contributed by atoms with Gasteiger partial charge < -0.3 is 13.7 Å². The fraction of sp³-hybridized carbons (Fsp3) is 0. The van der Waals surface area contributed by atoms with Gasteiger partial charge in [-0.2, -0.15) is 0 Å². The Morgan fingerprint density at radius 2 is 0.702 bits per heavy atom. The van der Waals surface area contributed by atoms with Gasteiger partial charge in [0.1, 0.15) is 0 Å². The predicted octanol–water partition coefficient (Wildman–Crippen LogP) is 14.3. The minimum atomic E-state index is 1.13. The molecule has 12 rings (SSSR count). The first-order chi connectivity index (χ1) is 28.3. The molecule has 3 heteroatoms. The molecule has 0 atom stereocenters. The topological polar surface area (TPSA) is 14.8 Å². The van der Waals surface area contributed by atoms with E-state index in [0.29, 0.717) is 0 Å². The van der Waals surface area contributed by atoms with Gasteiger partial charge >= 0.3 is 0 Å². The molecule has 0 N–H and O–H groups in total. The van der Waals surface area contributed by atoms with Crippen molar-refractivity contribution in [3.8, 4) is 39.3 Å². The molecule has 0 radical (unpaired) electrons. The molecule has 0 aliphatic carbocycles. The van der Waals surface area contributed by atoms with Crippen LogP contribution in [0.2, 0.25) is 0 Å². The summed E-state index contributed by atoms with van der Waals surface area (Å²) >= 11 is 0. The van der Waals surface area contributed by atoms with Crippen LogP contribution >= 0.6 is 0 Å². The molecule has 0 aliphatic heterocycles. The molecule has 0 saturated heterocycles. The lowest BCUT2D eigenvalue weighted by Crippen LogP contribution is -1.97. The van der Waals surface area contributed by atoms with E-state index < -0.39 is 0 Å². The monoisotopic (exact) mass is 725 g/mol. The molecule has 3 nitrogen and oxygen atoms in total. The molecule has 0 bridgehead atoms. The van der Waals surface area contributed by atoms with Gasteiger partial charge in [0.05, 0.1) is 33.1 Å². The molecule has 266 valence electrons. The zero-order valence-electron chi connectivity index (χ0n) is 31.0. The summed E-state index contributed by atoms with van der Waals surface area (Å²) in [4.78, 5) is 0. The molecule has 57 heavy (non-hydrogen) atoms. The second kappa shape index (κ2) is 12.5.